The van der Waals surface area contributed by atoms with E-state index < -0.39 is 15.9 Å². The van der Waals surface area contributed by atoms with Gasteiger partial charge in [-0.1, -0.05) is 66.7 Å². The van der Waals surface area contributed by atoms with E-state index in [-0.39, 0.29) is 22.7 Å². The van der Waals surface area contributed by atoms with Gasteiger partial charge >= 0.3 is 0 Å². The molecule has 7 nitrogen and oxygen atoms in total. The number of benzene rings is 4. The molecule has 0 aliphatic rings. The average Bonchev–Trinajstić information content (AvgIpc) is 2.92. The van der Waals surface area contributed by atoms with E-state index in [4.69, 9.17) is 0 Å². The summed E-state index contributed by atoms with van der Waals surface area (Å²) in [5.74, 6) is -0.526. The summed E-state index contributed by atoms with van der Waals surface area (Å²) < 4.78 is 29.7. The van der Waals surface area contributed by atoms with E-state index in [1.807, 2.05) is 67.5 Å². The predicted molar refractivity (Wildman–Crippen MR) is 156 cm³/mol. The third-order valence-corrected chi connectivity index (χ3v) is 8.16. The van der Waals surface area contributed by atoms with Gasteiger partial charge in [-0.15, -0.1) is 0 Å². The van der Waals surface area contributed by atoms with Gasteiger partial charge in [0.2, 0.25) is 0 Å². The molecule has 0 radical (unpaired) electrons. The molecule has 0 spiro atoms. The van der Waals surface area contributed by atoms with Crippen LogP contribution >= 0.6 is 15.9 Å². The second-order valence-electron chi connectivity index (χ2n) is 8.63. The van der Waals surface area contributed by atoms with Crippen molar-refractivity contribution in [2.45, 2.75) is 11.4 Å². The van der Waals surface area contributed by atoms with Crippen LogP contribution < -0.4 is 14.6 Å². The highest BCUT2D eigenvalue weighted by Gasteiger charge is 2.28. The number of nitrogens with one attached hydrogen (secondary N) is 1. The molecule has 4 rings (SSSR count). The van der Waals surface area contributed by atoms with Gasteiger partial charge in [-0.2, -0.15) is 5.10 Å². The van der Waals surface area contributed by atoms with E-state index in [0.29, 0.717) is 0 Å². The second kappa shape index (κ2) is 12.1. The maximum Gasteiger partial charge on any atom is 0.273 e. The van der Waals surface area contributed by atoms with Crippen molar-refractivity contribution in [1.82, 2.24) is 5.43 Å². The predicted octanol–water partition coefficient (Wildman–Crippen LogP) is 5.67. The molecular formula is C29H27BrN4O3S. The molecule has 0 unspecified atom stereocenters. The Morgan fingerprint density at radius 3 is 2.16 bits per heavy atom. The monoisotopic (exact) mass is 590 g/mol. The molecule has 1 N–H and O–H groups in total. The number of hydrogen-bond acceptors (Lipinski definition) is 5. The minimum atomic E-state index is -3.98. The molecule has 0 heterocycles. The fraction of sp³-hybridized carbons (Fsp3) is 0.103. The number of hydrogen-bond donors (Lipinski definition) is 1. The normalized spacial score (nSPS) is 11.3. The molecule has 9 heteroatoms. The number of sulfonamides is 1. The minimum absolute atomic E-state index is 0.0535. The van der Waals surface area contributed by atoms with Crippen LogP contribution in [0.15, 0.2) is 118 Å². The second-order valence-corrected chi connectivity index (χ2v) is 11.3. The van der Waals surface area contributed by atoms with E-state index in [1.54, 1.807) is 54.6 Å². The molecule has 38 heavy (non-hydrogen) atoms. The summed E-state index contributed by atoms with van der Waals surface area (Å²) >= 11 is 3.54. The molecule has 0 bridgehead atoms. The summed E-state index contributed by atoms with van der Waals surface area (Å²) in [6, 6.07) is 29.8. The Balaban J connectivity index is 1.65. The van der Waals surface area contributed by atoms with Crippen molar-refractivity contribution >= 4 is 49.4 Å². The van der Waals surface area contributed by atoms with Crippen LogP contribution in [0.3, 0.4) is 0 Å². The van der Waals surface area contributed by atoms with Crippen molar-refractivity contribution in [2.24, 2.45) is 5.10 Å². The summed E-state index contributed by atoms with van der Waals surface area (Å²) in [5, 5.41) is 4.11. The number of anilines is 2. The SMILES string of the molecule is CN(C)c1ccc(/C=N\NC(=O)c2ccccc2N(Cc2ccccc2)S(=O)(=O)c2ccccc2)cc1Br. The molecule has 0 fully saturated rings. The highest BCUT2D eigenvalue weighted by molar-refractivity contribution is 9.10. The van der Waals surface area contributed by atoms with Gasteiger partial charge in [0.25, 0.3) is 15.9 Å². The van der Waals surface area contributed by atoms with Crippen molar-refractivity contribution in [2.75, 3.05) is 23.3 Å². The first-order chi connectivity index (χ1) is 18.3. The Labute approximate surface area is 231 Å². The van der Waals surface area contributed by atoms with Gasteiger partial charge in [-0.3, -0.25) is 9.10 Å². The van der Waals surface area contributed by atoms with Crippen LogP contribution in [0.2, 0.25) is 0 Å². The number of carbonyl (C=O) groups is 1. The third kappa shape index (κ3) is 6.30. The zero-order valence-corrected chi connectivity index (χ0v) is 23.4. The van der Waals surface area contributed by atoms with Crippen molar-refractivity contribution in [3.8, 4) is 0 Å². The quantitative estimate of drug-likeness (QED) is 0.201. The lowest BCUT2D eigenvalue weighted by molar-refractivity contribution is 0.0955. The van der Waals surface area contributed by atoms with E-state index in [1.165, 1.54) is 10.5 Å². The maximum absolute atomic E-state index is 13.8. The van der Waals surface area contributed by atoms with Crippen LogP contribution in [-0.4, -0.2) is 34.6 Å². The van der Waals surface area contributed by atoms with Gasteiger partial charge in [0.1, 0.15) is 0 Å². The molecule has 0 atom stereocenters. The molecule has 0 aliphatic carbocycles. The topological polar surface area (TPSA) is 82.1 Å². The minimum Gasteiger partial charge on any atom is -0.377 e. The van der Waals surface area contributed by atoms with Crippen LogP contribution in [0.1, 0.15) is 21.5 Å². The number of carbonyl (C=O) groups excluding carboxylic acids is 1. The Morgan fingerprint density at radius 2 is 1.50 bits per heavy atom. The number of para-hydroxylation sites is 1. The zero-order valence-electron chi connectivity index (χ0n) is 21.0. The Morgan fingerprint density at radius 1 is 0.868 bits per heavy atom. The first kappa shape index (κ1) is 27.1. The number of hydrazone groups is 1. The molecule has 0 aliphatic heterocycles. The molecule has 1 amide bonds. The molecule has 4 aromatic rings. The van der Waals surface area contributed by atoms with Gasteiger partial charge in [-0.25, -0.2) is 13.8 Å². The zero-order chi connectivity index (χ0) is 27.1. The third-order valence-electron chi connectivity index (χ3n) is 5.75. The van der Waals surface area contributed by atoms with E-state index in [2.05, 4.69) is 26.5 Å². The van der Waals surface area contributed by atoms with Crippen molar-refractivity contribution in [3.05, 3.63) is 124 Å². The molecular weight excluding hydrogens is 564 g/mol. The fourth-order valence-electron chi connectivity index (χ4n) is 3.84. The Kier molecular flexibility index (Phi) is 8.60. The number of rotatable bonds is 9. The van der Waals surface area contributed by atoms with Crippen LogP contribution in [0.5, 0.6) is 0 Å². The highest BCUT2D eigenvalue weighted by atomic mass is 79.9. The van der Waals surface area contributed by atoms with Gasteiger partial charge in [0.05, 0.1) is 34.6 Å². The van der Waals surface area contributed by atoms with Crippen LogP contribution in [-0.2, 0) is 16.6 Å². The molecule has 0 saturated carbocycles. The van der Waals surface area contributed by atoms with Crippen LogP contribution in [0.25, 0.3) is 0 Å². The summed E-state index contributed by atoms with van der Waals surface area (Å²) in [6.45, 7) is 0.0535. The van der Waals surface area contributed by atoms with Crippen molar-refractivity contribution in [3.63, 3.8) is 0 Å². The van der Waals surface area contributed by atoms with Crippen LogP contribution in [0.4, 0.5) is 11.4 Å². The van der Waals surface area contributed by atoms with Gasteiger partial charge in [-0.05, 0) is 63.5 Å². The van der Waals surface area contributed by atoms with Crippen LogP contribution in [0, 0.1) is 0 Å². The fourth-order valence-corrected chi connectivity index (χ4v) is 6.09. The average molecular weight is 592 g/mol. The van der Waals surface area contributed by atoms with E-state index >= 15 is 0 Å². The smallest absolute Gasteiger partial charge is 0.273 e. The lowest BCUT2D eigenvalue weighted by Gasteiger charge is -2.26. The lowest BCUT2D eigenvalue weighted by atomic mass is 10.1. The summed E-state index contributed by atoms with van der Waals surface area (Å²) in [4.78, 5) is 15.3. The van der Waals surface area contributed by atoms with Crippen molar-refractivity contribution in [1.29, 1.82) is 0 Å². The Bertz CT molecular complexity index is 1540. The van der Waals surface area contributed by atoms with E-state index in [0.717, 1.165) is 21.3 Å². The Hall–Kier alpha value is -3.95. The van der Waals surface area contributed by atoms with Crippen molar-refractivity contribution < 1.29 is 13.2 Å². The summed E-state index contributed by atoms with van der Waals surface area (Å²) in [7, 11) is -0.0840. The van der Waals surface area contributed by atoms with E-state index in [9.17, 15) is 13.2 Å². The van der Waals surface area contributed by atoms with Gasteiger partial charge < -0.3 is 4.90 Å². The molecule has 194 valence electrons. The molecule has 0 aromatic heterocycles. The summed E-state index contributed by atoms with van der Waals surface area (Å²) in [5.41, 5.74) is 5.56. The maximum atomic E-state index is 13.8. The first-order valence-electron chi connectivity index (χ1n) is 11.8. The molecule has 4 aromatic carbocycles. The highest BCUT2D eigenvalue weighted by Crippen LogP contribution is 2.29. The van der Waals surface area contributed by atoms with Gasteiger partial charge in [0, 0.05) is 18.6 Å². The number of amides is 1. The first-order valence-corrected chi connectivity index (χ1v) is 14.0. The lowest BCUT2D eigenvalue weighted by Crippen LogP contribution is -2.33. The standard InChI is InChI=1S/C29H27BrN4O3S/c1-33(2)28-18-17-23(19-26(28)30)20-31-32-29(35)25-15-9-10-16-27(25)34(21-22-11-5-3-6-12-22)38(36,37)24-13-7-4-8-14-24/h3-20H,21H2,1-2H3,(H,32,35)/b31-20-. The van der Waals surface area contributed by atoms with Gasteiger partial charge in [0.15, 0.2) is 0 Å². The molecule has 0 saturated heterocycles. The summed E-state index contributed by atoms with van der Waals surface area (Å²) in [6.07, 6.45) is 1.53. The number of nitrogens with zero attached hydrogens (tertiary/aromatic N) is 3. The largest absolute Gasteiger partial charge is 0.377 e. The number of halogens is 1.